The molecule has 0 unspecified atom stereocenters. The van der Waals surface area contributed by atoms with Crippen LogP contribution in [0.3, 0.4) is 0 Å². The molecule has 20 heavy (non-hydrogen) atoms. The van der Waals surface area contributed by atoms with Gasteiger partial charge in [-0.2, -0.15) is 0 Å². The number of aliphatic carboxylic acids is 1. The van der Waals surface area contributed by atoms with E-state index in [2.05, 4.69) is 0 Å². The Labute approximate surface area is 122 Å². The van der Waals surface area contributed by atoms with E-state index >= 15 is 0 Å². The number of hydrogen-bond donors (Lipinski definition) is 2. The Balaban J connectivity index is 3.11. The Morgan fingerprint density at radius 3 is 2.45 bits per heavy atom. The van der Waals surface area contributed by atoms with E-state index in [1.54, 1.807) is 17.0 Å². The van der Waals surface area contributed by atoms with E-state index in [4.69, 9.17) is 22.4 Å². The number of halogens is 1. The molecule has 0 aliphatic rings. The molecule has 0 heterocycles. The van der Waals surface area contributed by atoms with Crippen LogP contribution >= 0.6 is 11.6 Å². The predicted molar refractivity (Wildman–Crippen MR) is 78.4 cm³/mol. The van der Waals surface area contributed by atoms with E-state index in [0.717, 1.165) is 0 Å². The maximum atomic E-state index is 11.5. The molecule has 0 radical (unpaired) electrons. The maximum Gasteiger partial charge on any atom is 0.323 e. The van der Waals surface area contributed by atoms with E-state index in [-0.39, 0.29) is 12.1 Å². The molecule has 0 aliphatic heterocycles. The quantitative estimate of drug-likeness (QED) is 0.781. The highest BCUT2D eigenvalue weighted by atomic mass is 35.5. The fourth-order valence-corrected chi connectivity index (χ4v) is 1.92. The molecule has 7 heteroatoms. The Kier molecular flexibility index (Phi) is 5.79. The molecular formula is C13H18ClN3O3. The van der Waals surface area contributed by atoms with Crippen molar-refractivity contribution in [3.63, 3.8) is 0 Å². The minimum atomic E-state index is -0.978. The SMILES string of the molecule is CN(C)CCN(CC(=O)O)c1ccc(Cl)cc1C(N)=O. The molecule has 3 N–H and O–H groups in total. The number of carbonyl (C=O) groups is 2. The first-order valence-electron chi connectivity index (χ1n) is 6.02. The monoisotopic (exact) mass is 299 g/mol. The van der Waals surface area contributed by atoms with Crippen molar-refractivity contribution in [2.75, 3.05) is 38.6 Å². The van der Waals surface area contributed by atoms with Crippen molar-refractivity contribution in [1.82, 2.24) is 4.90 Å². The fraction of sp³-hybridized carbons (Fsp3) is 0.385. The van der Waals surface area contributed by atoms with Crippen LogP contribution < -0.4 is 10.6 Å². The van der Waals surface area contributed by atoms with Crippen LogP contribution in [-0.2, 0) is 4.79 Å². The van der Waals surface area contributed by atoms with Crippen LogP contribution in [0, 0.1) is 0 Å². The molecule has 0 bridgehead atoms. The normalized spacial score (nSPS) is 10.6. The number of carboxylic acid groups (broad SMARTS) is 1. The molecule has 6 nitrogen and oxygen atoms in total. The average molecular weight is 300 g/mol. The molecule has 0 saturated carbocycles. The second kappa shape index (κ2) is 7.12. The van der Waals surface area contributed by atoms with Gasteiger partial charge in [-0.05, 0) is 32.3 Å². The zero-order valence-corrected chi connectivity index (χ0v) is 12.2. The molecule has 110 valence electrons. The lowest BCUT2D eigenvalue weighted by molar-refractivity contribution is -0.135. The van der Waals surface area contributed by atoms with Gasteiger partial charge in [-0.15, -0.1) is 0 Å². The van der Waals surface area contributed by atoms with Gasteiger partial charge in [0.25, 0.3) is 5.91 Å². The highest BCUT2D eigenvalue weighted by Crippen LogP contribution is 2.24. The molecule has 0 spiro atoms. The Morgan fingerprint density at radius 1 is 1.30 bits per heavy atom. The summed E-state index contributed by atoms with van der Waals surface area (Å²) in [5, 5.41) is 9.38. The number of anilines is 1. The second-order valence-corrected chi connectivity index (χ2v) is 5.08. The first-order valence-corrected chi connectivity index (χ1v) is 6.40. The first-order chi connectivity index (χ1) is 9.31. The number of rotatable bonds is 7. The topological polar surface area (TPSA) is 86.9 Å². The third-order valence-electron chi connectivity index (χ3n) is 2.71. The molecule has 0 saturated heterocycles. The molecule has 1 aromatic rings. The summed E-state index contributed by atoms with van der Waals surface area (Å²) in [5.74, 6) is -1.61. The number of carbonyl (C=O) groups excluding carboxylic acids is 1. The summed E-state index contributed by atoms with van der Waals surface area (Å²) < 4.78 is 0. The van der Waals surface area contributed by atoms with Crippen molar-refractivity contribution in [3.8, 4) is 0 Å². The van der Waals surface area contributed by atoms with Crippen molar-refractivity contribution in [2.24, 2.45) is 5.73 Å². The largest absolute Gasteiger partial charge is 0.480 e. The third-order valence-corrected chi connectivity index (χ3v) is 2.94. The van der Waals surface area contributed by atoms with E-state index in [1.807, 2.05) is 19.0 Å². The van der Waals surface area contributed by atoms with Crippen LogP contribution in [0.4, 0.5) is 5.69 Å². The number of hydrogen-bond acceptors (Lipinski definition) is 4. The van der Waals surface area contributed by atoms with Gasteiger partial charge < -0.3 is 20.6 Å². The summed E-state index contributed by atoms with van der Waals surface area (Å²) >= 11 is 5.85. The van der Waals surface area contributed by atoms with Gasteiger partial charge in [0.15, 0.2) is 0 Å². The summed E-state index contributed by atoms with van der Waals surface area (Å²) in [6.45, 7) is 0.894. The van der Waals surface area contributed by atoms with Crippen LogP contribution in [0.2, 0.25) is 5.02 Å². The number of nitrogens with zero attached hydrogens (tertiary/aromatic N) is 2. The Hall–Kier alpha value is -1.79. The molecule has 0 aromatic heterocycles. The summed E-state index contributed by atoms with van der Waals surface area (Å²) in [4.78, 5) is 26.0. The van der Waals surface area contributed by atoms with Crippen LogP contribution in [-0.4, -0.2) is 55.6 Å². The third kappa shape index (κ3) is 4.71. The lowest BCUT2D eigenvalue weighted by atomic mass is 10.1. The number of likely N-dealkylation sites (N-methyl/N-ethyl adjacent to an activating group) is 1. The van der Waals surface area contributed by atoms with Crippen molar-refractivity contribution in [1.29, 1.82) is 0 Å². The van der Waals surface area contributed by atoms with Gasteiger partial charge >= 0.3 is 5.97 Å². The zero-order chi connectivity index (χ0) is 15.3. The van der Waals surface area contributed by atoms with E-state index < -0.39 is 11.9 Å². The number of benzene rings is 1. The average Bonchev–Trinajstić information content (AvgIpc) is 2.33. The van der Waals surface area contributed by atoms with Crippen molar-refractivity contribution in [3.05, 3.63) is 28.8 Å². The summed E-state index contributed by atoms with van der Waals surface area (Å²) in [5.41, 5.74) is 6.02. The molecule has 0 fully saturated rings. The van der Waals surface area contributed by atoms with Gasteiger partial charge in [0.1, 0.15) is 6.54 Å². The van der Waals surface area contributed by atoms with Gasteiger partial charge in [0, 0.05) is 18.1 Å². The number of primary amides is 1. The minimum absolute atomic E-state index is 0.213. The molecule has 0 atom stereocenters. The lowest BCUT2D eigenvalue weighted by Crippen LogP contribution is -2.36. The summed E-state index contributed by atoms with van der Waals surface area (Å²) in [6.07, 6.45) is 0. The molecular weight excluding hydrogens is 282 g/mol. The molecule has 1 rings (SSSR count). The number of amides is 1. The van der Waals surface area contributed by atoms with Crippen LogP contribution in [0.5, 0.6) is 0 Å². The maximum absolute atomic E-state index is 11.5. The molecule has 1 amide bonds. The van der Waals surface area contributed by atoms with Crippen LogP contribution in [0.15, 0.2) is 18.2 Å². The van der Waals surface area contributed by atoms with E-state index in [0.29, 0.717) is 23.8 Å². The predicted octanol–water partition coefficient (Wildman–Crippen LogP) is 0.892. The number of nitrogens with two attached hydrogens (primary N) is 1. The van der Waals surface area contributed by atoms with Gasteiger partial charge in [0.2, 0.25) is 0 Å². The van der Waals surface area contributed by atoms with Crippen molar-refractivity contribution >= 4 is 29.2 Å². The van der Waals surface area contributed by atoms with Gasteiger partial charge in [-0.3, -0.25) is 9.59 Å². The Morgan fingerprint density at radius 2 is 1.95 bits per heavy atom. The van der Waals surface area contributed by atoms with Crippen LogP contribution in [0.25, 0.3) is 0 Å². The van der Waals surface area contributed by atoms with Crippen LogP contribution in [0.1, 0.15) is 10.4 Å². The Bertz CT molecular complexity index is 506. The minimum Gasteiger partial charge on any atom is -0.480 e. The van der Waals surface area contributed by atoms with Gasteiger partial charge in [-0.1, -0.05) is 11.6 Å². The second-order valence-electron chi connectivity index (χ2n) is 4.64. The number of carboxylic acids is 1. The molecule has 1 aromatic carbocycles. The summed E-state index contributed by atoms with van der Waals surface area (Å²) in [6, 6.07) is 4.67. The standard InChI is InChI=1S/C13H18ClN3O3/c1-16(2)5-6-17(8-12(18)19)11-4-3-9(14)7-10(11)13(15)20/h3-4,7H,5-6,8H2,1-2H3,(H2,15,20)(H,18,19). The van der Waals surface area contributed by atoms with Gasteiger partial charge in [-0.25, -0.2) is 0 Å². The van der Waals surface area contributed by atoms with Gasteiger partial charge in [0.05, 0.1) is 11.3 Å². The smallest absolute Gasteiger partial charge is 0.323 e. The molecule has 0 aliphatic carbocycles. The highest BCUT2D eigenvalue weighted by molar-refractivity contribution is 6.31. The lowest BCUT2D eigenvalue weighted by Gasteiger charge is -2.26. The zero-order valence-electron chi connectivity index (χ0n) is 11.5. The van der Waals surface area contributed by atoms with Crippen molar-refractivity contribution in [2.45, 2.75) is 0 Å². The van der Waals surface area contributed by atoms with E-state index in [9.17, 15) is 9.59 Å². The van der Waals surface area contributed by atoms with Crippen molar-refractivity contribution < 1.29 is 14.7 Å². The highest BCUT2D eigenvalue weighted by Gasteiger charge is 2.17. The first kappa shape index (κ1) is 16.3. The fourth-order valence-electron chi connectivity index (χ4n) is 1.75. The summed E-state index contributed by atoms with van der Waals surface area (Å²) in [7, 11) is 3.77. The van der Waals surface area contributed by atoms with E-state index in [1.165, 1.54) is 6.07 Å².